The van der Waals surface area contributed by atoms with Crippen LogP contribution in [0.1, 0.15) is 84.4 Å². The van der Waals surface area contributed by atoms with Crippen LogP contribution < -0.4 is 9.64 Å². The Labute approximate surface area is 285 Å². The van der Waals surface area contributed by atoms with Crippen molar-refractivity contribution in [2.45, 2.75) is 95.3 Å². The fourth-order valence-electron chi connectivity index (χ4n) is 5.74. The van der Waals surface area contributed by atoms with Crippen molar-refractivity contribution in [3.05, 3.63) is 87.4 Å². The monoisotopic (exact) mass is 679 g/mol. The number of hydrogen-bond donors (Lipinski definition) is 0. The summed E-state index contributed by atoms with van der Waals surface area (Å²) < 4.78 is 33.3. The van der Waals surface area contributed by atoms with Crippen LogP contribution in [0, 0.1) is 5.39 Å². The Balaban J connectivity index is 1.49. The number of rotatable bonds is 12. The van der Waals surface area contributed by atoms with Gasteiger partial charge < -0.3 is 14.5 Å². The van der Waals surface area contributed by atoms with Crippen molar-refractivity contribution in [2.24, 2.45) is 0 Å². The average Bonchev–Trinajstić information content (AvgIpc) is 3.07. The topological polar surface area (TPSA) is 95.1 Å². The third-order valence-electron chi connectivity index (χ3n) is 9.79. The first-order valence-corrected chi connectivity index (χ1v) is 18.5. The molecule has 1 aliphatic heterocycles. The summed E-state index contributed by atoms with van der Waals surface area (Å²) in [5, 5.41) is 10.1. The Hall–Kier alpha value is -3.61. The molecule has 0 spiro atoms. The minimum Gasteiger partial charge on any atom is -0.480 e. The molecule has 10 heteroatoms. The van der Waals surface area contributed by atoms with Crippen LogP contribution in [0.15, 0.2) is 65.6 Å². The second-order valence-corrected chi connectivity index (χ2v) is 16.0. The van der Waals surface area contributed by atoms with Gasteiger partial charge in [-0.2, -0.15) is 0 Å². The molecule has 0 aromatic heterocycles. The number of benzene rings is 3. The van der Waals surface area contributed by atoms with Crippen LogP contribution in [0.5, 0.6) is 5.75 Å². The van der Waals surface area contributed by atoms with E-state index in [1.54, 1.807) is 36.4 Å². The molecule has 252 valence electrons. The molecule has 1 amide bonds. The van der Waals surface area contributed by atoms with E-state index in [2.05, 4.69) is 58.7 Å². The summed E-state index contributed by atoms with van der Waals surface area (Å²) in [6.07, 6.45) is 1.87. The van der Waals surface area contributed by atoms with Crippen molar-refractivity contribution in [2.75, 3.05) is 31.1 Å². The molecule has 1 fully saturated rings. The van der Waals surface area contributed by atoms with Gasteiger partial charge in [0.15, 0.2) is 25.8 Å². The number of carbonyl (C=O) groups is 1. The molecule has 4 rings (SSSR count). The van der Waals surface area contributed by atoms with Gasteiger partial charge in [-0.15, -0.1) is 0 Å². The van der Waals surface area contributed by atoms with E-state index < -0.39 is 15.9 Å². The van der Waals surface area contributed by atoms with E-state index in [4.69, 9.17) is 16.3 Å². The normalized spacial score (nSPS) is 14.9. The number of hydrogen-bond acceptors (Lipinski definition) is 6. The number of halogens is 1. The molecule has 8 nitrogen and oxygen atoms in total. The van der Waals surface area contributed by atoms with Crippen molar-refractivity contribution in [1.29, 1.82) is 5.39 Å². The van der Waals surface area contributed by atoms with Crippen molar-refractivity contribution >= 4 is 38.7 Å². The third-order valence-corrected chi connectivity index (χ3v) is 11.7. The van der Waals surface area contributed by atoms with Gasteiger partial charge in [-0.3, -0.25) is 4.79 Å². The number of sulfone groups is 1. The van der Waals surface area contributed by atoms with Crippen molar-refractivity contribution < 1.29 is 17.9 Å². The summed E-state index contributed by atoms with van der Waals surface area (Å²) in [5.41, 5.74) is 3.54. The van der Waals surface area contributed by atoms with E-state index in [-0.39, 0.29) is 33.1 Å². The van der Waals surface area contributed by atoms with Crippen LogP contribution in [0.25, 0.3) is 4.98 Å². The van der Waals surface area contributed by atoms with Crippen LogP contribution >= 0.6 is 11.6 Å². The summed E-state index contributed by atoms with van der Waals surface area (Å²) in [7, 11) is -3.83. The highest BCUT2D eigenvalue weighted by atomic mass is 35.5. The second kappa shape index (κ2) is 14.7. The quantitative estimate of drug-likeness (QED) is 0.178. The van der Waals surface area contributed by atoms with E-state index in [0.717, 1.165) is 24.2 Å². The Morgan fingerprint density at radius 3 is 2.13 bits per heavy atom. The third kappa shape index (κ3) is 8.28. The van der Waals surface area contributed by atoms with E-state index >= 15 is 0 Å². The van der Waals surface area contributed by atoms with Gasteiger partial charge in [0.1, 0.15) is 5.75 Å². The minimum absolute atomic E-state index is 0.0172. The molecule has 1 aliphatic rings. The number of anilines is 1. The molecule has 1 unspecified atom stereocenters. The molecule has 0 bridgehead atoms. The smallest absolute Gasteiger partial charge is 0.403 e. The SMILES string of the molecule is CCC(Oc1ccc(C(C)(C)CC)cc1C(C)(C)CC)C(=O)N1CCN(c2ccc([N+]#N)c(S(=O)(=O)Cc3ccc(Cl)cc3)c2)CC1. The number of piperazine rings is 1. The predicted octanol–water partition coefficient (Wildman–Crippen LogP) is 8.68. The first-order chi connectivity index (χ1) is 22.1. The van der Waals surface area contributed by atoms with Gasteiger partial charge >= 0.3 is 5.69 Å². The molecule has 3 aromatic rings. The van der Waals surface area contributed by atoms with E-state index in [1.807, 2.05) is 22.8 Å². The highest BCUT2D eigenvalue weighted by molar-refractivity contribution is 7.90. The lowest BCUT2D eigenvalue weighted by atomic mass is 9.76. The van der Waals surface area contributed by atoms with Gasteiger partial charge in [-0.1, -0.05) is 84.3 Å². The van der Waals surface area contributed by atoms with E-state index in [9.17, 15) is 18.6 Å². The zero-order chi connectivity index (χ0) is 34.6. The summed E-state index contributed by atoms with van der Waals surface area (Å²) in [5.74, 6) is 0.451. The first-order valence-electron chi connectivity index (χ1n) is 16.5. The van der Waals surface area contributed by atoms with Gasteiger partial charge in [0.2, 0.25) is 5.39 Å². The average molecular weight is 680 g/mol. The second-order valence-electron chi connectivity index (χ2n) is 13.7. The zero-order valence-electron chi connectivity index (χ0n) is 28.7. The minimum atomic E-state index is -3.83. The lowest BCUT2D eigenvalue weighted by Crippen LogP contribution is -2.52. The highest BCUT2D eigenvalue weighted by Crippen LogP contribution is 2.39. The van der Waals surface area contributed by atoms with Gasteiger partial charge in [0.25, 0.3) is 5.91 Å². The molecule has 3 aromatic carbocycles. The van der Waals surface area contributed by atoms with Crippen molar-refractivity contribution in [3.63, 3.8) is 0 Å². The predicted molar refractivity (Wildman–Crippen MR) is 190 cm³/mol. The lowest BCUT2D eigenvalue weighted by Gasteiger charge is -2.38. The maximum atomic E-state index is 13.8. The van der Waals surface area contributed by atoms with Gasteiger partial charge in [0, 0.05) is 48.5 Å². The molecule has 0 radical (unpaired) electrons. The molecule has 0 aliphatic carbocycles. The number of amides is 1. The Morgan fingerprint density at radius 2 is 1.55 bits per heavy atom. The zero-order valence-corrected chi connectivity index (χ0v) is 30.3. The van der Waals surface area contributed by atoms with Crippen molar-refractivity contribution in [3.8, 4) is 5.75 Å². The molecular weight excluding hydrogens is 632 g/mol. The number of ether oxygens (including phenoxy) is 1. The van der Waals surface area contributed by atoms with Crippen LogP contribution in [0.3, 0.4) is 0 Å². The molecule has 1 heterocycles. The van der Waals surface area contributed by atoms with Crippen LogP contribution in [0.4, 0.5) is 11.4 Å². The Kier molecular flexibility index (Phi) is 11.3. The van der Waals surface area contributed by atoms with E-state index in [1.165, 1.54) is 11.6 Å². The van der Waals surface area contributed by atoms with Gasteiger partial charge in [-0.25, -0.2) is 8.42 Å². The maximum Gasteiger partial charge on any atom is 0.403 e. The summed E-state index contributed by atoms with van der Waals surface area (Å²) in [4.78, 5) is 20.9. The molecule has 0 N–H and O–H groups in total. The fraction of sp³-hybridized carbons (Fsp3) is 0.486. The molecule has 0 saturated carbocycles. The fourth-order valence-corrected chi connectivity index (χ4v) is 7.38. The number of carbonyl (C=O) groups excluding carboxylic acids is 1. The first kappa shape index (κ1) is 36.2. The molecule has 1 saturated heterocycles. The molecular formula is C37H48ClN4O4S+. The van der Waals surface area contributed by atoms with Gasteiger partial charge in [-0.05, 0) is 71.6 Å². The number of nitrogens with zero attached hydrogens (tertiary/aromatic N) is 4. The maximum absolute atomic E-state index is 13.8. The highest BCUT2D eigenvalue weighted by Gasteiger charge is 2.33. The van der Waals surface area contributed by atoms with Crippen LogP contribution in [-0.2, 0) is 31.2 Å². The van der Waals surface area contributed by atoms with Gasteiger partial charge in [0.05, 0.1) is 5.75 Å². The largest absolute Gasteiger partial charge is 0.480 e. The summed E-state index contributed by atoms with van der Waals surface area (Å²) >= 11 is 5.96. The molecule has 1 atom stereocenters. The summed E-state index contributed by atoms with van der Waals surface area (Å²) in [6.45, 7) is 17.2. The van der Waals surface area contributed by atoms with Crippen molar-refractivity contribution in [1.82, 2.24) is 4.90 Å². The Morgan fingerprint density at radius 1 is 0.915 bits per heavy atom. The standard InChI is InChI=1S/C37H48ClN4O4S/c1-8-32(46-33-18-13-27(36(4,5)9-2)23-30(33)37(6,7)10-3)35(43)42-21-19-41(20-22-42)29-16-17-31(40-39)34(24-29)47(44,45)25-26-11-14-28(38)15-12-26/h11-18,23-24,32H,8-10,19-22,25H2,1-7H3/q+1. The Bertz CT molecular complexity index is 1720. The lowest BCUT2D eigenvalue weighted by molar-refractivity contribution is -0.139. The van der Waals surface area contributed by atoms with Crippen LogP contribution in [-0.4, -0.2) is 51.5 Å². The van der Waals surface area contributed by atoms with E-state index in [0.29, 0.717) is 48.9 Å². The summed E-state index contributed by atoms with van der Waals surface area (Å²) in [6, 6.07) is 17.8. The molecule has 47 heavy (non-hydrogen) atoms. The van der Waals surface area contributed by atoms with Crippen LogP contribution in [0.2, 0.25) is 5.02 Å². The number of diazo groups is 1.